The molecule has 0 atom stereocenters. The predicted octanol–water partition coefficient (Wildman–Crippen LogP) is 4.72. The molecule has 0 aliphatic carbocycles. The number of hydrogen-bond acceptors (Lipinski definition) is 7. The third kappa shape index (κ3) is 6.02. The Labute approximate surface area is 197 Å². The fourth-order valence-corrected chi connectivity index (χ4v) is 3.24. The number of nitrogens with zero attached hydrogens (tertiary/aromatic N) is 3. The highest BCUT2D eigenvalue weighted by Gasteiger charge is 2.06. The monoisotopic (exact) mass is 452 g/mol. The first-order chi connectivity index (χ1) is 16.6. The molecule has 0 unspecified atom stereocenters. The Morgan fingerprint density at radius 1 is 1.06 bits per heavy atom. The first kappa shape index (κ1) is 22.6. The highest BCUT2D eigenvalue weighted by Crippen LogP contribution is 2.24. The van der Waals surface area contributed by atoms with Gasteiger partial charge in [-0.3, -0.25) is 15.0 Å². The Hall–Kier alpha value is -4.56. The lowest BCUT2D eigenvalue weighted by Crippen LogP contribution is -2.14. The van der Waals surface area contributed by atoms with E-state index in [1.165, 1.54) is 6.08 Å². The highest BCUT2D eigenvalue weighted by atomic mass is 16.5. The van der Waals surface area contributed by atoms with E-state index in [1.54, 1.807) is 30.1 Å². The topological polar surface area (TPSA) is 112 Å². The van der Waals surface area contributed by atoms with Gasteiger partial charge in [0, 0.05) is 48.1 Å². The summed E-state index contributed by atoms with van der Waals surface area (Å²) in [6, 6.07) is 19.6. The summed E-state index contributed by atoms with van der Waals surface area (Å²) in [5, 5.41) is 15.3. The van der Waals surface area contributed by atoms with Crippen LogP contribution in [0.2, 0.25) is 0 Å². The average molecular weight is 453 g/mol. The number of aromatic nitrogens is 3. The van der Waals surface area contributed by atoms with Crippen molar-refractivity contribution >= 4 is 29.3 Å². The number of carbonyl (C=O) groups excluding carboxylic acids is 1. The lowest BCUT2D eigenvalue weighted by molar-refractivity contribution is -0.124. The molecule has 2 aromatic heterocycles. The van der Waals surface area contributed by atoms with Crippen LogP contribution in [0.1, 0.15) is 16.7 Å². The zero-order valence-corrected chi connectivity index (χ0v) is 18.6. The molecule has 0 saturated carbocycles. The highest BCUT2D eigenvalue weighted by molar-refractivity contribution is 5.90. The Bertz CT molecular complexity index is 1290. The van der Waals surface area contributed by atoms with Crippen molar-refractivity contribution in [1.82, 2.24) is 20.4 Å². The second-order valence-corrected chi connectivity index (χ2v) is 7.57. The molecule has 0 aliphatic heterocycles. The standard InChI is InChI=1S/C26H24N6O2/c1-18-4-10-22(29-16-20-7-5-19(6-8-20)9-11-25(33)32-34)15-24(18)31-26-28-14-12-23(30-26)21-3-2-13-27-17-21/h2-15,17,29,34H,16H2,1H3,(H,32,33)(H,28,30,31). The van der Waals surface area contributed by atoms with E-state index in [0.717, 1.165) is 39.3 Å². The molecule has 4 aromatic rings. The maximum Gasteiger partial charge on any atom is 0.267 e. The minimum atomic E-state index is -0.566. The molecule has 8 nitrogen and oxygen atoms in total. The summed E-state index contributed by atoms with van der Waals surface area (Å²) in [5.74, 6) is -0.0520. The van der Waals surface area contributed by atoms with Crippen LogP contribution in [0, 0.1) is 6.92 Å². The van der Waals surface area contributed by atoms with E-state index < -0.39 is 5.91 Å². The largest absolute Gasteiger partial charge is 0.381 e. The fourth-order valence-electron chi connectivity index (χ4n) is 3.24. The van der Waals surface area contributed by atoms with Gasteiger partial charge in [-0.2, -0.15) is 0 Å². The van der Waals surface area contributed by atoms with Gasteiger partial charge in [-0.05, 0) is 60.0 Å². The molecule has 170 valence electrons. The molecule has 8 heteroatoms. The van der Waals surface area contributed by atoms with E-state index in [0.29, 0.717) is 12.5 Å². The van der Waals surface area contributed by atoms with E-state index in [-0.39, 0.29) is 0 Å². The molecule has 1 amide bonds. The Kier molecular flexibility index (Phi) is 7.22. The minimum absolute atomic E-state index is 0.514. The third-order valence-electron chi connectivity index (χ3n) is 5.11. The molecule has 0 bridgehead atoms. The smallest absolute Gasteiger partial charge is 0.267 e. The van der Waals surface area contributed by atoms with Crippen molar-refractivity contribution in [3.63, 3.8) is 0 Å². The molecular formula is C26H24N6O2. The van der Waals surface area contributed by atoms with Gasteiger partial charge < -0.3 is 10.6 Å². The molecule has 0 spiro atoms. The molecule has 2 heterocycles. The summed E-state index contributed by atoms with van der Waals surface area (Å²) in [6.45, 7) is 2.66. The van der Waals surface area contributed by atoms with E-state index >= 15 is 0 Å². The first-order valence-electron chi connectivity index (χ1n) is 10.7. The minimum Gasteiger partial charge on any atom is -0.381 e. The molecular weight excluding hydrogens is 428 g/mol. The number of aryl methyl sites for hydroxylation is 1. The SMILES string of the molecule is Cc1ccc(NCc2ccc(C=CC(=O)NO)cc2)cc1Nc1nccc(-c2cccnc2)n1. The predicted molar refractivity (Wildman–Crippen MR) is 132 cm³/mol. The van der Waals surface area contributed by atoms with Crippen molar-refractivity contribution < 1.29 is 10.0 Å². The Morgan fingerprint density at radius 2 is 1.91 bits per heavy atom. The summed E-state index contributed by atoms with van der Waals surface area (Å²) >= 11 is 0. The van der Waals surface area contributed by atoms with E-state index in [9.17, 15) is 4.79 Å². The number of pyridine rings is 1. The van der Waals surface area contributed by atoms with Crippen LogP contribution < -0.4 is 16.1 Å². The number of amides is 1. The summed E-state index contributed by atoms with van der Waals surface area (Å²) in [4.78, 5) is 24.2. The van der Waals surface area contributed by atoms with Crippen molar-refractivity contribution in [2.24, 2.45) is 0 Å². The molecule has 0 fully saturated rings. The van der Waals surface area contributed by atoms with Gasteiger partial charge >= 0.3 is 0 Å². The van der Waals surface area contributed by atoms with E-state index in [2.05, 4.69) is 25.6 Å². The normalized spacial score (nSPS) is 10.8. The molecule has 2 aromatic carbocycles. The second-order valence-electron chi connectivity index (χ2n) is 7.57. The number of benzene rings is 2. The Morgan fingerprint density at radius 3 is 2.68 bits per heavy atom. The molecule has 0 aliphatic rings. The third-order valence-corrected chi connectivity index (χ3v) is 5.11. The zero-order valence-electron chi connectivity index (χ0n) is 18.6. The summed E-state index contributed by atoms with van der Waals surface area (Å²) in [5.41, 5.74) is 8.19. The maximum absolute atomic E-state index is 11.1. The number of anilines is 3. The van der Waals surface area contributed by atoms with Gasteiger partial charge in [0.25, 0.3) is 5.91 Å². The van der Waals surface area contributed by atoms with Gasteiger partial charge in [0.05, 0.1) is 5.69 Å². The van der Waals surface area contributed by atoms with Crippen molar-refractivity contribution in [1.29, 1.82) is 0 Å². The van der Waals surface area contributed by atoms with Crippen LogP contribution in [-0.2, 0) is 11.3 Å². The Balaban J connectivity index is 1.42. The average Bonchev–Trinajstić information content (AvgIpc) is 2.89. The van der Waals surface area contributed by atoms with Crippen LogP contribution in [0.4, 0.5) is 17.3 Å². The van der Waals surface area contributed by atoms with Crippen LogP contribution in [0.5, 0.6) is 0 Å². The fraction of sp³-hybridized carbons (Fsp3) is 0.0769. The number of hydrogen-bond donors (Lipinski definition) is 4. The van der Waals surface area contributed by atoms with Crippen molar-refractivity contribution in [2.45, 2.75) is 13.5 Å². The number of hydroxylamine groups is 1. The number of nitrogens with one attached hydrogen (secondary N) is 3. The maximum atomic E-state index is 11.1. The lowest BCUT2D eigenvalue weighted by Gasteiger charge is -2.13. The second kappa shape index (κ2) is 10.8. The molecule has 0 saturated heterocycles. The van der Waals surface area contributed by atoms with Crippen LogP contribution in [0.25, 0.3) is 17.3 Å². The van der Waals surface area contributed by atoms with Crippen molar-refractivity contribution in [3.8, 4) is 11.3 Å². The van der Waals surface area contributed by atoms with Crippen molar-refractivity contribution in [3.05, 3.63) is 102 Å². The van der Waals surface area contributed by atoms with Crippen LogP contribution in [0.15, 0.2) is 85.3 Å². The summed E-state index contributed by atoms with van der Waals surface area (Å²) in [6.07, 6.45) is 8.13. The quantitative estimate of drug-likeness (QED) is 0.174. The van der Waals surface area contributed by atoms with Crippen molar-refractivity contribution in [2.75, 3.05) is 10.6 Å². The van der Waals surface area contributed by atoms with Crippen LogP contribution in [-0.4, -0.2) is 26.1 Å². The van der Waals surface area contributed by atoms with Gasteiger partial charge in [0.15, 0.2) is 0 Å². The van der Waals surface area contributed by atoms with Crippen LogP contribution in [0.3, 0.4) is 0 Å². The molecule has 4 rings (SSSR count). The molecule has 0 radical (unpaired) electrons. The number of rotatable bonds is 8. The molecule has 34 heavy (non-hydrogen) atoms. The van der Waals surface area contributed by atoms with Crippen LogP contribution >= 0.6 is 0 Å². The van der Waals surface area contributed by atoms with E-state index in [1.807, 2.05) is 67.6 Å². The van der Waals surface area contributed by atoms with Gasteiger partial charge in [0.2, 0.25) is 5.95 Å². The van der Waals surface area contributed by atoms with Gasteiger partial charge in [-0.15, -0.1) is 0 Å². The first-order valence-corrected chi connectivity index (χ1v) is 10.7. The number of carbonyl (C=O) groups is 1. The summed E-state index contributed by atoms with van der Waals surface area (Å²) in [7, 11) is 0. The molecule has 4 N–H and O–H groups in total. The van der Waals surface area contributed by atoms with Gasteiger partial charge in [-0.25, -0.2) is 15.4 Å². The van der Waals surface area contributed by atoms with Gasteiger partial charge in [-0.1, -0.05) is 30.3 Å². The zero-order chi connectivity index (χ0) is 23.8. The van der Waals surface area contributed by atoms with Gasteiger partial charge in [0.1, 0.15) is 0 Å². The summed E-state index contributed by atoms with van der Waals surface area (Å²) < 4.78 is 0. The van der Waals surface area contributed by atoms with E-state index in [4.69, 9.17) is 5.21 Å². The lowest BCUT2D eigenvalue weighted by atomic mass is 10.1.